The molecule has 0 saturated carbocycles. The van der Waals surface area contributed by atoms with Crippen LogP contribution in [0.25, 0.3) is 75.9 Å². The molecule has 8 rings (SSSR count). The lowest BCUT2D eigenvalue weighted by molar-refractivity contribution is 0.418. The van der Waals surface area contributed by atoms with Crippen molar-refractivity contribution in [1.82, 2.24) is 9.97 Å². The zero-order chi connectivity index (χ0) is 34.8. The second-order valence-electron chi connectivity index (χ2n) is 13.2. The molecule has 6 nitrogen and oxygen atoms in total. The largest absolute Gasteiger partial charge is 0.495 e. The van der Waals surface area contributed by atoms with Gasteiger partial charge in [0.15, 0.2) is 0 Å². The number of aryl methyl sites for hydroxylation is 4. The van der Waals surface area contributed by atoms with E-state index in [1.807, 2.05) is 0 Å². The molecule has 0 spiro atoms. The van der Waals surface area contributed by atoms with E-state index in [1.165, 1.54) is 0 Å². The third kappa shape index (κ3) is 4.85. The van der Waals surface area contributed by atoms with E-state index in [4.69, 9.17) is 28.9 Å². The lowest BCUT2D eigenvalue weighted by Gasteiger charge is -2.16. The van der Waals surface area contributed by atoms with E-state index in [0.717, 1.165) is 121 Å². The molecule has 0 aliphatic rings. The number of nitrogens with zero attached hydrogens (tertiary/aromatic N) is 2. The van der Waals surface area contributed by atoms with Crippen molar-refractivity contribution in [2.75, 3.05) is 28.4 Å². The molecule has 0 aliphatic carbocycles. The minimum Gasteiger partial charge on any atom is -0.495 e. The molecule has 50 heavy (non-hydrogen) atoms. The molecule has 3 heterocycles. The molecule has 0 atom stereocenters. The summed E-state index contributed by atoms with van der Waals surface area (Å²) in [5.74, 6) is 2.90. The van der Waals surface area contributed by atoms with Crippen LogP contribution < -0.4 is 18.9 Å². The number of hydrogen-bond donors (Lipinski definition) is 0. The highest BCUT2D eigenvalue weighted by molar-refractivity contribution is 6.13. The molecule has 0 N–H and O–H groups in total. The van der Waals surface area contributed by atoms with Crippen LogP contribution >= 0.6 is 0 Å². The lowest BCUT2D eigenvalue weighted by atomic mass is 9.97. The first kappa shape index (κ1) is 31.4. The normalized spacial score (nSPS) is 11.6. The van der Waals surface area contributed by atoms with Crippen molar-refractivity contribution in [1.29, 1.82) is 0 Å². The Hall–Kier alpha value is -5.88. The second-order valence-corrected chi connectivity index (χ2v) is 13.2. The van der Waals surface area contributed by atoms with Gasteiger partial charge >= 0.3 is 0 Å². The number of fused-ring (bicyclic) bond motifs is 15. The number of rotatable bonds is 4. The highest BCUT2D eigenvalue weighted by Gasteiger charge is 2.18. The summed E-state index contributed by atoms with van der Waals surface area (Å²) in [6, 6.07) is 29.8. The SMILES string of the molecule is COc1c2cc(C)cc1c1cc(C)cc(c1OC)c1cc(C)cc(c1OC)c1cc(C)cc(c1OC)c1ccc3ccc4ccc2nc4c3n1. The van der Waals surface area contributed by atoms with E-state index in [0.29, 0.717) is 0 Å². The maximum Gasteiger partial charge on any atom is 0.136 e. The Morgan fingerprint density at radius 3 is 0.860 bits per heavy atom. The van der Waals surface area contributed by atoms with E-state index < -0.39 is 0 Å². The molecule has 5 aromatic carbocycles. The molecular weight excluding hydrogens is 620 g/mol. The van der Waals surface area contributed by atoms with Gasteiger partial charge in [-0.1, -0.05) is 24.3 Å². The van der Waals surface area contributed by atoms with Crippen molar-refractivity contribution in [3.63, 3.8) is 0 Å². The maximum absolute atomic E-state index is 6.34. The Labute approximate surface area is 290 Å². The minimum absolute atomic E-state index is 0.722. The Kier molecular flexibility index (Phi) is 7.48. The van der Waals surface area contributed by atoms with Gasteiger partial charge in [0.25, 0.3) is 0 Å². The smallest absolute Gasteiger partial charge is 0.136 e. The Bertz CT molecular complexity index is 2610. The standard InChI is InChI=1S/C44H38N2O4/c1-23-15-29-30-16-24(2)18-32(42(30)48-6)34-20-26(4)22-36(44(34)50-8)38-14-12-28-10-9-27-11-13-37(45-39(27)40(28)46-38)35-21-25(3)19-33(43(35)49-7)31(17-23)41(29)47-5/h9-22H,1-8H3. The third-order valence-electron chi connectivity index (χ3n) is 9.69. The van der Waals surface area contributed by atoms with Crippen LogP contribution in [0.2, 0.25) is 0 Å². The summed E-state index contributed by atoms with van der Waals surface area (Å²) in [4.78, 5) is 10.6. The molecule has 12 bridgehead atoms. The Balaban J connectivity index is 1.78. The molecule has 248 valence electrons. The fourth-order valence-corrected chi connectivity index (χ4v) is 7.62. The summed E-state index contributed by atoms with van der Waals surface area (Å²) in [6.07, 6.45) is 0. The lowest BCUT2D eigenvalue weighted by Crippen LogP contribution is -1.94. The first-order chi connectivity index (χ1) is 24.2. The van der Waals surface area contributed by atoms with Crippen LogP contribution in [0.15, 0.2) is 84.9 Å². The van der Waals surface area contributed by atoms with Crippen LogP contribution in [-0.2, 0) is 0 Å². The second kappa shape index (κ2) is 11.9. The van der Waals surface area contributed by atoms with E-state index in [1.54, 1.807) is 28.4 Å². The fraction of sp³-hybridized carbons (Fsp3) is 0.182. The van der Waals surface area contributed by atoms with Crippen molar-refractivity contribution in [2.45, 2.75) is 27.7 Å². The molecule has 0 unspecified atom stereocenters. The molecule has 8 aromatic rings. The predicted octanol–water partition coefficient (Wildman–Crippen LogP) is 10.9. The quantitative estimate of drug-likeness (QED) is 0.175. The van der Waals surface area contributed by atoms with Crippen molar-refractivity contribution in [3.8, 4) is 23.0 Å². The minimum atomic E-state index is 0.722. The average molecular weight is 659 g/mol. The van der Waals surface area contributed by atoms with E-state index in [2.05, 4.69) is 113 Å². The third-order valence-corrected chi connectivity index (χ3v) is 9.69. The summed E-state index contributed by atoms with van der Waals surface area (Å²) in [5, 5.41) is 9.31. The summed E-state index contributed by atoms with van der Waals surface area (Å²) in [7, 11) is 6.89. The molecule has 3 aromatic heterocycles. The highest BCUT2D eigenvalue weighted by Crippen LogP contribution is 2.44. The van der Waals surface area contributed by atoms with E-state index in [9.17, 15) is 0 Å². The predicted molar refractivity (Wildman–Crippen MR) is 207 cm³/mol. The first-order valence-corrected chi connectivity index (χ1v) is 16.7. The molecule has 0 fully saturated rings. The van der Waals surface area contributed by atoms with Crippen molar-refractivity contribution >= 4 is 75.9 Å². The summed E-state index contributed by atoms with van der Waals surface area (Å²) >= 11 is 0. The van der Waals surface area contributed by atoms with Crippen LogP contribution in [-0.4, -0.2) is 38.4 Å². The van der Waals surface area contributed by atoms with Gasteiger partial charge in [-0.15, -0.1) is 0 Å². The molecule has 0 radical (unpaired) electrons. The first-order valence-electron chi connectivity index (χ1n) is 16.7. The maximum atomic E-state index is 6.34. The molecule has 0 aliphatic heterocycles. The number of ether oxygens (including phenoxy) is 4. The van der Waals surface area contributed by atoms with Gasteiger partial charge in [0.2, 0.25) is 0 Å². The molecule has 0 amide bonds. The van der Waals surface area contributed by atoms with Gasteiger partial charge in [-0.05, 0) is 111 Å². The zero-order valence-corrected chi connectivity index (χ0v) is 29.6. The van der Waals surface area contributed by atoms with Gasteiger partial charge in [0.1, 0.15) is 23.0 Å². The van der Waals surface area contributed by atoms with Crippen molar-refractivity contribution < 1.29 is 18.9 Å². The molecule has 0 saturated heterocycles. The van der Waals surface area contributed by atoms with Gasteiger partial charge in [0, 0.05) is 53.9 Å². The number of aromatic nitrogens is 2. The molecule has 6 heteroatoms. The highest BCUT2D eigenvalue weighted by atomic mass is 16.5. The fourth-order valence-electron chi connectivity index (χ4n) is 7.62. The monoisotopic (exact) mass is 658 g/mol. The van der Waals surface area contributed by atoms with Crippen molar-refractivity contribution in [2.24, 2.45) is 0 Å². The molecular formula is C44H38N2O4. The van der Waals surface area contributed by atoms with Gasteiger partial charge in [-0.2, -0.15) is 0 Å². The average Bonchev–Trinajstić information content (AvgIpc) is 3.12. The van der Waals surface area contributed by atoms with Gasteiger partial charge in [0.05, 0.1) is 50.5 Å². The van der Waals surface area contributed by atoms with Gasteiger partial charge in [-0.25, -0.2) is 9.97 Å². The Morgan fingerprint density at radius 1 is 0.340 bits per heavy atom. The van der Waals surface area contributed by atoms with E-state index >= 15 is 0 Å². The topological polar surface area (TPSA) is 62.7 Å². The van der Waals surface area contributed by atoms with Crippen LogP contribution in [0.3, 0.4) is 0 Å². The van der Waals surface area contributed by atoms with E-state index in [-0.39, 0.29) is 0 Å². The van der Waals surface area contributed by atoms with Crippen LogP contribution in [0, 0.1) is 27.7 Å². The zero-order valence-electron chi connectivity index (χ0n) is 29.6. The summed E-state index contributed by atoms with van der Waals surface area (Å²) < 4.78 is 25.2. The number of pyridine rings is 2. The van der Waals surface area contributed by atoms with Crippen LogP contribution in [0.4, 0.5) is 0 Å². The number of benzene rings is 5. The van der Waals surface area contributed by atoms with Gasteiger partial charge < -0.3 is 18.9 Å². The Morgan fingerprint density at radius 2 is 0.580 bits per heavy atom. The number of methoxy groups -OCH3 is 4. The van der Waals surface area contributed by atoms with Crippen LogP contribution in [0.1, 0.15) is 22.3 Å². The van der Waals surface area contributed by atoms with Gasteiger partial charge in [-0.3, -0.25) is 0 Å². The number of hydrogen-bond acceptors (Lipinski definition) is 6. The van der Waals surface area contributed by atoms with Crippen molar-refractivity contribution in [3.05, 3.63) is 107 Å². The summed E-state index contributed by atoms with van der Waals surface area (Å²) in [6.45, 7) is 8.42. The van der Waals surface area contributed by atoms with Crippen LogP contribution in [0.5, 0.6) is 23.0 Å². The summed E-state index contributed by atoms with van der Waals surface area (Å²) in [5.41, 5.74) is 7.54.